The lowest BCUT2D eigenvalue weighted by Crippen LogP contribution is -2.12. The van der Waals surface area contributed by atoms with Gasteiger partial charge in [-0.05, 0) is 18.6 Å². The van der Waals surface area contributed by atoms with Crippen LogP contribution in [0.2, 0.25) is 5.15 Å². The van der Waals surface area contributed by atoms with E-state index in [0.29, 0.717) is 0 Å². The molecule has 58 valence electrons. The zero-order valence-electron chi connectivity index (χ0n) is 5.97. The highest BCUT2D eigenvalue weighted by atomic mass is 35.5. The summed E-state index contributed by atoms with van der Waals surface area (Å²) < 4.78 is 0. The Morgan fingerprint density at radius 2 is 2.36 bits per heavy atom. The molecule has 0 radical (unpaired) electrons. The van der Waals surface area contributed by atoms with Crippen molar-refractivity contribution in [3.8, 4) is 0 Å². The second kappa shape index (κ2) is 2.88. The summed E-state index contributed by atoms with van der Waals surface area (Å²) in [5.74, 6) is -0.550. The summed E-state index contributed by atoms with van der Waals surface area (Å²) in [6.45, 7) is 1.82. The van der Waals surface area contributed by atoms with Gasteiger partial charge in [0.1, 0.15) is 5.15 Å². The fraction of sp³-hybridized carbons (Fsp3) is 0.143. The van der Waals surface area contributed by atoms with E-state index in [1.165, 1.54) is 0 Å². The summed E-state index contributed by atoms with van der Waals surface area (Å²) in [5.41, 5.74) is 6.15. The molecule has 0 spiro atoms. The molecule has 2 N–H and O–H groups in total. The zero-order chi connectivity index (χ0) is 8.43. The molecule has 4 heteroatoms. The smallest absolute Gasteiger partial charge is 0.251 e. The molecule has 1 heterocycles. The molecule has 1 aromatic rings. The van der Waals surface area contributed by atoms with Crippen LogP contribution in [0.25, 0.3) is 0 Å². The highest BCUT2D eigenvalue weighted by Crippen LogP contribution is 2.12. The molecule has 0 saturated carbocycles. The van der Waals surface area contributed by atoms with Crippen molar-refractivity contribution in [2.24, 2.45) is 5.73 Å². The lowest BCUT2D eigenvalue weighted by atomic mass is 10.2. The molecule has 3 nitrogen and oxygen atoms in total. The average molecular weight is 171 g/mol. The first-order valence-electron chi connectivity index (χ1n) is 3.03. The van der Waals surface area contributed by atoms with Crippen LogP contribution in [0.5, 0.6) is 0 Å². The number of carbonyl (C=O) groups is 1. The molecule has 0 fully saturated rings. The van der Waals surface area contributed by atoms with Crippen LogP contribution in [0.15, 0.2) is 12.3 Å². The normalized spacial score (nSPS) is 9.64. The molecule has 0 aliphatic rings. The number of carbonyl (C=O) groups excluding carboxylic acids is 1. The largest absolute Gasteiger partial charge is 0.366 e. The second-order valence-corrected chi connectivity index (χ2v) is 2.57. The number of primary amides is 1. The van der Waals surface area contributed by atoms with E-state index in [1.54, 1.807) is 12.3 Å². The minimum absolute atomic E-state index is 0.156. The van der Waals surface area contributed by atoms with Gasteiger partial charge in [-0.3, -0.25) is 4.79 Å². The highest BCUT2D eigenvalue weighted by molar-refractivity contribution is 6.32. The van der Waals surface area contributed by atoms with Gasteiger partial charge >= 0.3 is 0 Å². The average Bonchev–Trinajstić information content (AvgIpc) is 1.94. The number of aromatic nitrogens is 1. The van der Waals surface area contributed by atoms with E-state index in [0.717, 1.165) is 5.56 Å². The maximum Gasteiger partial charge on any atom is 0.251 e. The van der Waals surface area contributed by atoms with Gasteiger partial charge in [-0.25, -0.2) is 4.98 Å². The van der Waals surface area contributed by atoms with E-state index in [2.05, 4.69) is 4.98 Å². The van der Waals surface area contributed by atoms with Crippen LogP contribution in [0.4, 0.5) is 0 Å². The number of amides is 1. The first kappa shape index (κ1) is 8.01. The third-order valence-corrected chi connectivity index (χ3v) is 1.54. The van der Waals surface area contributed by atoms with E-state index in [1.807, 2.05) is 6.92 Å². The van der Waals surface area contributed by atoms with Crippen molar-refractivity contribution in [3.05, 3.63) is 28.5 Å². The first-order chi connectivity index (χ1) is 5.11. The first-order valence-corrected chi connectivity index (χ1v) is 3.41. The molecule has 0 bridgehead atoms. The number of nitrogens with two attached hydrogens (primary N) is 1. The van der Waals surface area contributed by atoms with E-state index >= 15 is 0 Å². The fourth-order valence-corrected chi connectivity index (χ4v) is 0.922. The Bertz CT molecular complexity index is 298. The van der Waals surface area contributed by atoms with Crippen molar-refractivity contribution in [1.82, 2.24) is 4.98 Å². The van der Waals surface area contributed by atoms with Gasteiger partial charge in [-0.1, -0.05) is 11.6 Å². The molecule has 0 saturated heterocycles. The van der Waals surface area contributed by atoms with Crippen LogP contribution >= 0.6 is 11.6 Å². The maximum atomic E-state index is 10.7. The lowest BCUT2D eigenvalue weighted by Gasteiger charge is -1.98. The van der Waals surface area contributed by atoms with Gasteiger partial charge in [-0.2, -0.15) is 0 Å². The summed E-state index contributed by atoms with van der Waals surface area (Å²) in [5, 5.41) is 0.156. The van der Waals surface area contributed by atoms with Crippen molar-refractivity contribution >= 4 is 17.5 Å². The Labute approximate surface area is 69.2 Å². The molecule has 1 aromatic heterocycles. The van der Waals surface area contributed by atoms with Crippen LogP contribution in [-0.2, 0) is 0 Å². The van der Waals surface area contributed by atoms with Gasteiger partial charge < -0.3 is 5.73 Å². The zero-order valence-corrected chi connectivity index (χ0v) is 6.72. The van der Waals surface area contributed by atoms with Crippen molar-refractivity contribution in [1.29, 1.82) is 0 Å². The summed E-state index contributed by atoms with van der Waals surface area (Å²) in [6.07, 6.45) is 1.58. The van der Waals surface area contributed by atoms with Crippen LogP contribution in [0.1, 0.15) is 15.9 Å². The third kappa shape index (κ3) is 1.68. The minimum Gasteiger partial charge on any atom is -0.366 e. The van der Waals surface area contributed by atoms with Gasteiger partial charge in [0.05, 0.1) is 5.56 Å². The van der Waals surface area contributed by atoms with Crippen LogP contribution in [0, 0.1) is 6.92 Å². The van der Waals surface area contributed by atoms with E-state index < -0.39 is 5.91 Å². The summed E-state index contributed by atoms with van der Waals surface area (Å²) in [6, 6.07) is 1.61. The van der Waals surface area contributed by atoms with Crippen molar-refractivity contribution in [2.45, 2.75) is 6.92 Å². The number of hydrogen-bond acceptors (Lipinski definition) is 2. The Kier molecular flexibility index (Phi) is 2.10. The fourth-order valence-electron chi connectivity index (χ4n) is 0.725. The lowest BCUT2D eigenvalue weighted by molar-refractivity contribution is 0.1000. The third-order valence-electron chi connectivity index (χ3n) is 1.24. The Morgan fingerprint density at radius 3 is 2.82 bits per heavy atom. The molecule has 0 atom stereocenters. The Morgan fingerprint density at radius 1 is 1.73 bits per heavy atom. The maximum absolute atomic E-state index is 10.7. The van der Waals surface area contributed by atoms with Crippen LogP contribution in [0.3, 0.4) is 0 Å². The second-order valence-electron chi connectivity index (χ2n) is 2.22. The van der Waals surface area contributed by atoms with Gasteiger partial charge in [0, 0.05) is 6.20 Å². The Balaban J connectivity index is 3.23. The monoisotopic (exact) mass is 170 g/mol. The predicted molar refractivity (Wildman–Crippen MR) is 42.5 cm³/mol. The topological polar surface area (TPSA) is 56.0 Å². The quantitative estimate of drug-likeness (QED) is 0.643. The number of pyridine rings is 1. The number of rotatable bonds is 1. The minimum atomic E-state index is -0.550. The summed E-state index contributed by atoms with van der Waals surface area (Å²) in [7, 11) is 0. The van der Waals surface area contributed by atoms with Gasteiger partial charge in [-0.15, -0.1) is 0 Å². The van der Waals surface area contributed by atoms with Gasteiger partial charge in [0.2, 0.25) is 0 Å². The van der Waals surface area contributed by atoms with Gasteiger partial charge in [0.25, 0.3) is 5.91 Å². The predicted octanol–water partition coefficient (Wildman–Crippen LogP) is 1.14. The van der Waals surface area contributed by atoms with Gasteiger partial charge in [0.15, 0.2) is 0 Å². The number of hydrogen-bond donors (Lipinski definition) is 1. The molecular weight excluding hydrogens is 164 g/mol. The number of aryl methyl sites for hydroxylation is 1. The summed E-state index contributed by atoms with van der Waals surface area (Å²) in [4.78, 5) is 14.4. The highest BCUT2D eigenvalue weighted by Gasteiger charge is 2.06. The van der Waals surface area contributed by atoms with Crippen molar-refractivity contribution in [2.75, 3.05) is 0 Å². The van der Waals surface area contributed by atoms with Crippen molar-refractivity contribution in [3.63, 3.8) is 0 Å². The molecule has 0 aromatic carbocycles. The standard InChI is InChI=1S/C7H7ClN2O/c1-4-2-5(7(9)11)6(8)10-3-4/h2-3H,1H3,(H2,9,11). The molecule has 0 aliphatic carbocycles. The SMILES string of the molecule is Cc1cnc(Cl)c(C(N)=O)c1. The molecule has 1 rings (SSSR count). The van der Waals surface area contributed by atoms with E-state index in [-0.39, 0.29) is 10.7 Å². The van der Waals surface area contributed by atoms with E-state index in [4.69, 9.17) is 17.3 Å². The molecule has 0 aliphatic heterocycles. The Hall–Kier alpha value is -1.09. The van der Waals surface area contributed by atoms with Crippen LogP contribution < -0.4 is 5.73 Å². The summed E-state index contributed by atoms with van der Waals surface area (Å²) >= 11 is 5.58. The molecule has 1 amide bonds. The van der Waals surface area contributed by atoms with E-state index in [9.17, 15) is 4.79 Å². The van der Waals surface area contributed by atoms with Crippen molar-refractivity contribution < 1.29 is 4.79 Å². The molecular formula is C7H7ClN2O. The molecule has 0 unspecified atom stereocenters. The number of nitrogens with zero attached hydrogens (tertiary/aromatic N) is 1. The molecule has 11 heavy (non-hydrogen) atoms. The van der Waals surface area contributed by atoms with Crippen LogP contribution in [-0.4, -0.2) is 10.9 Å². The number of halogens is 1.